The van der Waals surface area contributed by atoms with Gasteiger partial charge in [0.15, 0.2) is 0 Å². The maximum Gasteiger partial charge on any atom is 0.573 e. The van der Waals surface area contributed by atoms with Crippen molar-refractivity contribution < 1.29 is 17.9 Å². The standard InChI is InChI=1S/C12H11F3N4O/c1-7-6-17-11(16)19-10(7)18-8-3-2-4-9(5-8)20-12(13,14)15/h2-6H,1H3,(H3,16,17,18,19). The predicted molar refractivity (Wildman–Crippen MR) is 67.6 cm³/mol. The topological polar surface area (TPSA) is 73.1 Å². The molecule has 0 radical (unpaired) electrons. The molecule has 0 atom stereocenters. The molecule has 2 aromatic rings. The third-order valence-corrected chi connectivity index (χ3v) is 2.32. The highest BCUT2D eigenvalue weighted by atomic mass is 19.4. The van der Waals surface area contributed by atoms with Gasteiger partial charge in [0.1, 0.15) is 11.6 Å². The smallest absolute Gasteiger partial charge is 0.406 e. The minimum absolute atomic E-state index is 0.0702. The molecule has 0 saturated carbocycles. The number of ether oxygens (including phenoxy) is 1. The zero-order valence-corrected chi connectivity index (χ0v) is 10.4. The molecular weight excluding hydrogens is 273 g/mol. The van der Waals surface area contributed by atoms with Gasteiger partial charge in [-0.3, -0.25) is 0 Å². The van der Waals surface area contributed by atoms with Crippen LogP contribution in [0.15, 0.2) is 30.5 Å². The predicted octanol–water partition coefficient (Wildman–Crippen LogP) is 3.01. The van der Waals surface area contributed by atoms with Gasteiger partial charge in [-0.15, -0.1) is 13.2 Å². The van der Waals surface area contributed by atoms with E-state index in [1.54, 1.807) is 13.0 Å². The van der Waals surface area contributed by atoms with Crippen molar-refractivity contribution in [3.63, 3.8) is 0 Å². The Labute approximate surface area is 112 Å². The second-order valence-corrected chi connectivity index (χ2v) is 3.96. The second-order valence-electron chi connectivity index (χ2n) is 3.96. The first-order valence-electron chi connectivity index (χ1n) is 5.55. The second kappa shape index (κ2) is 5.24. The fourth-order valence-electron chi connectivity index (χ4n) is 1.49. The maximum atomic E-state index is 12.1. The lowest BCUT2D eigenvalue weighted by Gasteiger charge is -2.12. The van der Waals surface area contributed by atoms with Crippen LogP contribution in [0.5, 0.6) is 5.75 Å². The van der Waals surface area contributed by atoms with Crippen molar-refractivity contribution in [2.75, 3.05) is 11.1 Å². The van der Waals surface area contributed by atoms with E-state index in [4.69, 9.17) is 5.73 Å². The zero-order valence-electron chi connectivity index (χ0n) is 10.4. The van der Waals surface area contributed by atoms with Crippen LogP contribution in [0, 0.1) is 6.92 Å². The van der Waals surface area contributed by atoms with Crippen molar-refractivity contribution >= 4 is 17.5 Å². The molecule has 2 rings (SSSR count). The van der Waals surface area contributed by atoms with E-state index in [0.717, 1.165) is 0 Å². The van der Waals surface area contributed by atoms with E-state index in [9.17, 15) is 13.2 Å². The molecule has 0 unspecified atom stereocenters. The minimum Gasteiger partial charge on any atom is -0.406 e. The van der Waals surface area contributed by atoms with Crippen molar-refractivity contribution in [3.05, 3.63) is 36.0 Å². The summed E-state index contributed by atoms with van der Waals surface area (Å²) in [6.07, 6.45) is -3.21. The van der Waals surface area contributed by atoms with Crippen molar-refractivity contribution in [2.24, 2.45) is 0 Å². The van der Waals surface area contributed by atoms with Crippen LogP contribution in [0.1, 0.15) is 5.56 Å². The quantitative estimate of drug-likeness (QED) is 0.906. The lowest BCUT2D eigenvalue weighted by molar-refractivity contribution is -0.274. The molecule has 0 spiro atoms. The van der Waals surface area contributed by atoms with E-state index >= 15 is 0 Å². The van der Waals surface area contributed by atoms with Gasteiger partial charge >= 0.3 is 6.36 Å². The van der Waals surface area contributed by atoms with Crippen LogP contribution in [0.2, 0.25) is 0 Å². The van der Waals surface area contributed by atoms with Crippen molar-refractivity contribution in [3.8, 4) is 5.75 Å². The third-order valence-electron chi connectivity index (χ3n) is 2.32. The van der Waals surface area contributed by atoms with Crippen molar-refractivity contribution in [2.45, 2.75) is 13.3 Å². The highest BCUT2D eigenvalue weighted by Crippen LogP contribution is 2.26. The SMILES string of the molecule is Cc1cnc(N)nc1Nc1cccc(OC(F)(F)F)c1. The van der Waals surface area contributed by atoms with Gasteiger partial charge in [-0.2, -0.15) is 4.98 Å². The first-order valence-corrected chi connectivity index (χ1v) is 5.55. The molecule has 8 heteroatoms. The number of rotatable bonds is 3. The summed E-state index contributed by atoms with van der Waals surface area (Å²) < 4.78 is 40.2. The highest BCUT2D eigenvalue weighted by Gasteiger charge is 2.31. The molecule has 106 valence electrons. The van der Waals surface area contributed by atoms with E-state index in [0.29, 0.717) is 17.1 Å². The Bertz CT molecular complexity index is 616. The Morgan fingerprint density at radius 3 is 2.75 bits per heavy atom. The number of aryl methyl sites for hydroxylation is 1. The summed E-state index contributed by atoms with van der Waals surface area (Å²) >= 11 is 0. The van der Waals surface area contributed by atoms with Crippen LogP contribution in [0.3, 0.4) is 0 Å². The lowest BCUT2D eigenvalue weighted by atomic mass is 10.3. The van der Waals surface area contributed by atoms with E-state index in [-0.39, 0.29) is 11.7 Å². The van der Waals surface area contributed by atoms with Crippen LogP contribution in [0.25, 0.3) is 0 Å². The number of hydrogen-bond acceptors (Lipinski definition) is 5. The van der Waals surface area contributed by atoms with E-state index in [1.165, 1.54) is 24.4 Å². The Morgan fingerprint density at radius 2 is 2.05 bits per heavy atom. The molecule has 0 aliphatic heterocycles. The number of halogens is 3. The Hall–Kier alpha value is -2.51. The van der Waals surface area contributed by atoms with Crippen LogP contribution in [-0.4, -0.2) is 16.3 Å². The van der Waals surface area contributed by atoms with Crippen LogP contribution < -0.4 is 15.8 Å². The summed E-state index contributed by atoms with van der Waals surface area (Å²) in [7, 11) is 0. The average Bonchev–Trinajstić information content (AvgIpc) is 2.32. The number of nitrogen functional groups attached to an aromatic ring is 1. The molecule has 20 heavy (non-hydrogen) atoms. The number of benzene rings is 1. The molecule has 1 aromatic heterocycles. The van der Waals surface area contributed by atoms with E-state index < -0.39 is 6.36 Å². The van der Waals surface area contributed by atoms with Gasteiger partial charge in [-0.1, -0.05) is 6.07 Å². The summed E-state index contributed by atoms with van der Waals surface area (Å²) in [5.74, 6) is 0.171. The Balaban J connectivity index is 2.21. The molecule has 0 aliphatic rings. The first-order chi connectivity index (χ1) is 9.33. The molecule has 1 aromatic carbocycles. The summed E-state index contributed by atoms with van der Waals surface area (Å²) in [6, 6.07) is 5.44. The maximum absolute atomic E-state index is 12.1. The van der Waals surface area contributed by atoms with Gasteiger partial charge in [-0.05, 0) is 19.1 Å². The Morgan fingerprint density at radius 1 is 1.30 bits per heavy atom. The number of nitrogens with one attached hydrogen (secondary N) is 1. The van der Waals surface area contributed by atoms with Crippen molar-refractivity contribution in [1.29, 1.82) is 0 Å². The molecule has 0 fully saturated rings. The van der Waals surface area contributed by atoms with E-state index in [2.05, 4.69) is 20.0 Å². The van der Waals surface area contributed by atoms with Crippen LogP contribution >= 0.6 is 0 Å². The first kappa shape index (κ1) is 13.9. The van der Waals surface area contributed by atoms with Gasteiger partial charge in [-0.25, -0.2) is 4.98 Å². The number of aromatic nitrogens is 2. The van der Waals surface area contributed by atoms with Crippen LogP contribution in [0.4, 0.5) is 30.6 Å². The fourth-order valence-corrected chi connectivity index (χ4v) is 1.49. The zero-order chi connectivity index (χ0) is 14.8. The molecule has 5 nitrogen and oxygen atoms in total. The van der Waals surface area contributed by atoms with Gasteiger partial charge in [0.25, 0.3) is 0 Å². The summed E-state index contributed by atoms with van der Waals surface area (Å²) in [5.41, 5.74) is 6.56. The molecule has 3 N–H and O–H groups in total. The van der Waals surface area contributed by atoms with Gasteiger partial charge in [0.05, 0.1) is 0 Å². The number of alkyl halides is 3. The summed E-state index contributed by atoms with van der Waals surface area (Å²) in [6.45, 7) is 1.75. The Kier molecular flexibility index (Phi) is 3.64. The van der Waals surface area contributed by atoms with E-state index in [1.807, 2.05) is 0 Å². The number of nitrogens with two attached hydrogens (primary N) is 1. The van der Waals surface area contributed by atoms with Gasteiger partial charge in [0.2, 0.25) is 5.95 Å². The molecule has 0 amide bonds. The fraction of sp³-hybridized carbons (Fsp3) is 0.167. The average molecular weight is 284 g/mol. The molecule has 0 saturated heterocycles. The number of anilines is 3. The number of nitrogens with zero attached hydrogens (tertiary/aromatic N) is 2. The monoisotopic (exact) mass is 284 g/mol. The molecule has 0 bridgehead atoms. The van der Waals surface area contributed by atoms with Crippen molar-refractivity contribution in [1.82, 2.24) is 9.97 Å². The minimum atomic E-state index is -4.73. The summed E-state index contributed by atoms with van der Waals surface area (Å²) in [4.78, 5) is 7.76. The summed E-state index contributed by atoms with van der Waals surface area (Å²) in [5, 5.41) is 2.86. The number of hydrogen-bond donors (Lipinski definition) is 2. The third kappa shape index (κ3) is 3.74. The molecular formula is C12H11F3N4O. The highest BCUT2D eigenvalue weighted by molar-refractivity contribution is 5.61. The molecule has 0 aliphatic carbocycles. The lowest BCUT2D eigenvalue weighted by Crippen LogP contribution is -2.17. The van der Waals surface area contributed by atoms with Gasteiger partial charge in [0, 0.05) is 23.5 Å². The molecule has 1 heterocycles. The normalized spacial score (nSPS) is 11.2. The van der Waals surface area contributed by atoms with Gasteiger partial charge < -0.3 is 15.8 Å². The van der Waals surface area contributed by atoms with Crippen LogP contribution in [-0.2, 0) is 0 Å². The largest absolute Gasteiger partial charge is 0.573 e.